The number of nitrogens with zero attached hydrogens (tertiary/aromatic N) is 3. The van der Waals surface area contributed by atoms with Crippen molar-refractivity contribution in [1.82, 2.24) is 9.29 Å². The highest BCUT2D eigenvalue weighted by Crippen LogP contribution is 2.28. The van der Waals surface area contributed by atoms with E-state index < -0.39 is 15.5 Å². The van der Waals surface area contributed by atoms with Crippen LogP contribution in [-0.4, -0.2) is 49.4 Å². The molecule has 178 valence electrons. The summed E-state index contributed by atoms with van der Waals surface area (Å²) in [5, 5.41) is 0. The van der Waals surface area contributed by atoms with E-state index in [1.807, 2.05) is 41.3 Å². The van der Waals surface area contributed by atoms with E-state index in [-0.39, 0.29) is 32.0 Å². The third kappa shape index (κ3) is 5.28. The lowest BCUT2D eigenvalue weighted by molar-refractivity contribution is -0.0490. The van der Waals surface area contributed by atoms with E-state index in [9.17, 15) is 26.0 Å². The molecular formula is C24H21F4N3O2S. The van der Waals surface area contributed by atoms with E-state index >= 15 is 0 Å². The fourth-order valence-electron chi connectivity index (χ4n) is 3.74. The highest BCUT2D eigenvalue weighted by molar-refractivity contribution is 7.90. The van der Waals surface area contributed by atoms with Gasteiger partial charge in [-0.05, 0) is 64.7 Å². The van der Waals surface area contributed by atoms with Crippen molar-refractivity contribution in [3.8, 4) is 11.1 Å². The maximum absolute atomic E-state index is 14.1. The maximum Gasteiger partial charge on any atom is 0.511 e. The molecule has 0 N–H and O–H groups in total. The Kier molecular flexibility index (Phi) is 6.72. The summed E-state index contributed by atoms with van der Waals surface area (Å²) in [7, 11) is -5.30. The van der Waals surface area contributed by atoms with Crippen molar-refractivity contribution in [2.24, 2.45) is 0 Å². The first-order chi connectivity index (χ1) is 16.1. The van der Waals surface area contributed by atoms with E-state index in [1.54, 1.807) is 30.6 Å². The van der Waals surface area contributed by atoms with Gasteiger partial charge in [-0.1, -0.05) is 24.3 Å². The molecule has 0 spiro atoms. The van der Waals surface area contributed by atoms with Gasteiger partial charge in [0.05, 0.1) is 0 Å². The Hall–Kier alpha value is -3.24. The Labute approximate surface area is 195 Å². The van der Waals surface area contributed by atoms with E-state index in [1.165, 1.54) is 12.1 Å². The molecule has 0 radical (unpaired) electrons. The van der Waals surface area contributed by atoms with Gasteiger partial charge in [0, 0.05) is 44.3 Å². The monoisotopic (exact) mass is 491 g/mol. The maximum atomic E-state index is 14.1. The number of sulfonamides is 1. The minimum Gasteiger partial charge on any atom is -0.369 e. The zero-order chi connectivity index (χ0) is 24.3. The van der Waals surface area contributed by atoms with Crippen molar-refractivity contribution in [3.05, 3.63) is 83.9 Å². The second-order valence-corrected chi connectivity index (χ2v) is 9.70. The van der Waals surface area contributed by atoms with Gasteiger partial charge in [0.2, 0.25) is 0 Å². The number of alkyl halides is 3. The smallest absolute Gasteiger partial charge is 0.369 e. The second-order valence-electron chi connectivity index (χ2n) is 7.77. The summed E-state index contributed by atoms with van der Waals surface area (Å²) in [6.45, 7) is -0.150. The molecule has 5 nitrogen and oxygen atoms in total. The Bertz CT molecular complexity index is 1270. The third-order valence-electron chi connectivity index (χ3n) is 5.53. The highest BCUT2D eigenvalue weighted by atomic mass is 32.2. The molecule has 4 rings (SSSR count). The molecule has 3 aromatic rings. The van der Waals surface area contributed by atoms with Crippen LogP contribution in [0.25, 0.3) is 23.3 Å². The number of halogens is 4. The standard InChI is InChI=1S/C24H21F4N3O2S/c25-22-16-19(15-21(17-22)20-7-9-29-10-8-20)2-1-18-3-5-23(6-4-18)30-11-13-31(14-12-30)34(32,33)24(26,27)28/h1-10,15-17H,11-14H2. The van der Waals surface area contributed by atoms with Gasteiger partial charge in [-0.2, -0.15) is 17.5 Å². The molecule has 34 heavy (non-hydrogen) atoms. The van der Waals surface area contributed by atoms with Gasteiger partial charge in [-0.15, -0.1) is 0 Å². The quantitative estimate of drug-likeness (QED) is 0.371. The van der Waals surface area contributed by atoms with Crippen LogP contribution in [0.4, 0.5) is 23.2 Å². The van der Waals surface area contributed by atoms with Crippen LogP contribution >= 0.6 is 0 Å². The topological polar surface area (TPSA) is 53.5 Å². The van der Waals surface area contributed by atoms with Gasteiger partial charge < -0.3 is 4.90 Å². The molecule has 0 saturated carbocycles. The summed E-state index contributed by atoms with van der Waals surface area (Å²) < 4.78 is 75.9. The minimum atomic E-state index is -5.30. The number of aromatic nitrogens is 1. The van der Waals surface area contributed by atoms with Crippen LogP contribution in [0.1, 0.15) is 11.1 Å². The summed E-state index contributed by atoms with van der Waals surface area (Å²) in [5.74, 6) is -0.351. The van der Waals surface area contributed by atoms with Crippen molar-refractivity contribution in [1.29, 1.82) is 0 Å². The van der Waals surface area contributed by atoms with Gasteiger partial charge in [0.25, 0.3) is 0 Å². The molecule has 10 heteroatoms. The number of rotatable bonds is 5. The molecule has 2 heterocycles. The Morgan fingerprint density at radius 1 is 0.794 bits per heavy atom. The molecule has 1 saturated heterocycles. The SMILES string of the molecule is O=S(=O)(N1CCN(c2ccc(C=Cc3cc(F)cc(-c4ccncc4)c3)cc2)CC1)C(F)(F)F. The van der Waals surface area contributed by atoms with Crippen LogP contribution in [0.2, 0.25) is 0 Å². The lowest BCUT2D eigenvalue weighted by Crippen LogP contribution is -2.52. The third-order valence-corrected chi connectivity index (χ3v) is 7.16. The molecule has 2 aromatic carbocycles. The van der Waals surface area contributed by atoms with Crippen molar-refractivity contribution in [2.75, 3.05) is 31.1 Å². The molecule has 0 aliphatic carbocycles. The molecule has 1 fully saturated rings. The lowest BCUT2D eigenvalue weighted by atomic mass is 10.0. The van der Waals surface area contributed by atoms with Crippen molar-refractivity contribution in [3.63, 3.8) is 0 Å². The predicted molar refractivity (Wildman–Crippen MR) is 124 cm³/mol. The summed E-state index contributed by atoms with van der Waals surface area (Å²) in [4.78, 5) is 5.81. The fourth-order valence-corrected chi connectivity index (χ4v) is 4.68. The van der Waals surface area contributed by atoms with E-state index in [2.05, 4.69) is 4.98 Å². The minimum absolute atomic E-state index is 0.158. The van der Waals surface area contributed by atoms with Gasteiger partial charge in [0.15, 0.2) is 0 Å². The summed E-state index contributed by atoms with van der Waals surface area (Å²) in [6.07, 6.45) is 6.92. The highest BCUT2D eigenvalue weighted by Gasteiger charge is 2.50. The van der Waals surface area contributed by atoms with E-state index in [0.717, 1.165) is 22.4 Å². The molecule has 0 unspecified atom stereocenters. The molecule has 0 atom stereocenters. The first-order valence-electron chi connectivity index (χ1n) is 10.4. The van der Waals surface area contributed by atoms with Crippen LogP contribution in [0, 0.1) is 5.82 Å². The van der Waals surface area contributed by atoms with Crippen LogP contribution in [0.15, 0.2) is 67.0 Å². The molecule has 0 amide bonds. The summed E-state index contributed by atoms with van der Waals surface area (Å²) in [6, 6.07) is 15.7. The average Bonchev–Trinajstić information content (AvgIpc) is 2.83. The molecule has 0 bridgehead atoms. The Balaban J connectivity index is 1.42. The molecular weight excluding hydrogens is 470 g/mol. The average molecular weight is 492 g/mol. The molecule has 1 aliphatic heterocycles. The van der Waals surface area contributed by atoms with Crippen LogP contribution in [-0.2, 0) is 10.0 Å². The second kappa shape index (κ2) is 9.55. The number of benzene rings is 2. The normalized spacial score (nSPS) is 15.7. The molecule has 1 aliphatic rings. The Morgan fingerprint density at radius 3 is 2.03 bits per heavy atom. The first-order valence-corrected chi connectivity index (χ1v) is 11.9. The number of hydrogen-bond donors (Lipinski definition) is 0. The zero-order valence-electron chi connectivity index (χ0n) is 17.9. The zero-order valence-corrected chi connectivity index (χ0v) is 18.7. The van der Waals surface area contributed by atoms with Gasteiger partial charge in [-0.25, -0.2) is 12.8 Å². The van der Waals surface area contributed by atoms with E-state index in [0.29, 0.717) is 9.87 Å². The lowest BCUT2D eigenvalue weighted by Gasteiger charge is -2.35. The number of pyridine rings is 1. The van der Waals surface area contributed by atoms with Crippen LogP contribution < -0.4 is 4.90 Å². The predicted octanol–water partition coefficient (Wildman–Crippen LogP) is 5.03. The van der Waals surface area contributed by atoms with Gasteiger partial charge in [-0.3, -0.25) is 4.98 Å². The van der Waals surface area contributed by atoms with Crippen LogP contribution in [0.5, 0.6) is 0 Å². The summed E-state index contributed by atoms with van der Waals surface area (Å²) >= 11 is 0. The first kappa shape index (κ1) is 23.9. The van der Waals surface area contributed by atoms with Crippen LogP contribution in [0.3, 0.4) is 0 Å². The molecule has 1 aromatic heterocycles. The van der Waals surface area contributed by atoms with E-state index in [4.69, 9.17) is 0 Å². The fraction of sp³-hybridized carbons (Fsp3) is 0.208. The van der Waals surface area contributed by atoms with Gasteiger partial charge in [0.1, 0.15) is 5.82 Å². The number of anilines is 1. The van der Waals surface area contributed by atoms with Crippen molar-refractivity contribution < 1.29 is 26.0 Å². The Morgan fingerprint density at radius 2 is 1.41 bits per heavy atom. The largest absolute Gasteiger partial charge is 0.511 e. The number of hydrogen-bond acceptors (Lipinski definition) is 4. The number of piperazine rings is 1. The van der Waals surface area contributed by atoms with Gasteiger partial charge >= 0.3 is 15.5 Å². The van der Waals surface area contributed by atoms with Crippen molar-refractivity contribution >= 4 is 27.9 Å². The van der Waals surface area contributed by atoms with Crippen molar-refractivity contribution in [2.45, 2.75) is 5.51 Å². The summed E-state index contributed by atoms with van der Waals surface area (Å²) in [5.41, 5.74) is -1.36.